The lowest BCUT2D eigenvalue weighted by atomic mass is 9.67. The highest BCUT2D eigenvalue weighted by Crippen LogP contribution is 2.42. The van der Waals surface area contributed by atoms with Gasteiger partial charge < -0.3 is 9.31 Å². The first-order valence-corrected chi connectivity index (χ1v) is 11.0. The summed E-state index contributed by atoms with van der Waals surface area (Å²) in [5.41, 5.74) is 7.17. The van der Waals surface area contributed by atoms with E-state index in [4.69, 9.17) is 9.31 Å². The molecule has 1 heterocycles. The summed E-state index contributed by atoms with van der Waals surface area (Å²) in [5.74, 6) is 0.926. The van der Waals surface area contributed by atoms with Crippen LogP contribution in [0, 0.1) is 18.8 Å². The van der Waals surface area contributed by atoms with E-state index in [1.165, 1.54) is 27.7 Å². The Hall–Kier alpha value is -1.58. The normalized spacial score (nSPS) is 25.6. The zero-order chi connectivity index (χ0) is 21.6. The highest BCUT2D eigenvalue weighted by atomic mass is 16.7. The molecule has 3 heteroatoms. The summed E-state index contributed by atoms with van der Waals surface area (Å²) in [7, 11) is -0.282. The number of allylic oxidation sites excluding steroid dienone is 5. The van der Waals surface area contributed by atoms with Crippen LogP contribution in [0.15, 0.2) is 48.0 Å². The predicted octanol–water partition coefficient (Wildman–Crippen LogP) is 6.73. The molecule has 156 valence electrons. The average molecular weight is 392 g/mol. The van der Waals surface area contributed by atoms with Crippen molar-refractivity contribution in [1.82, 2.24) is 0 Å². The highest BCUT2D eigenvalue weighted by Gasteiger charge is 2.52. The summed E-state index contributed by atoms with van der Waals surface area (Å²) in [4.78, 5) is 0. The molecule has 0 amide bonds. The maximum atomic E-state index is 6.32. The Morgan fingerprint density at radius 1 is 1.14 bits per heavy atom. The first kappa shape index (κ1) is 22.1. The summed E-state index contributed by atoms with van der Waals surface area (Å²) < 4.78 is 12.6. The topological polar surface area (TPSA) is 18.5 Å². The molecule has 0 bridgehead atoms. The fraction of sp³-hybridized carbons (Fsp3) is 0.538. The van der Waals surface area contributed by atoms with E-state index in [9.17, 15) is 0 Å². The van der Waals surface area contributed by atoms with E-state index in [0.29, 0.717) is 11.8 Å². The molecule has 2 atom stereocenters. The lowest BCUT2D eigenvalue weighted by Gasteiger charge is -2.32. The van der Waals surface area contributed by atoms with Gasteiger partial charge in [0.15, 0.2) is 0 Å². The summed E-state index contributed by atoms with van der Waals surface area (Å²) in [5, 5.41) is 0. The molecule has 0 radical (unpaired) electrons. The van der Waals surface area contributed by atoms with Crippen molar-refractivity contribution in [3.05, 3.63) is 64.7 Å². The van der Waals surface area contributed by atoms with Gasteiger partial charge in [0, 0.05) is 0 Å². The summed E-state index contributed by atoms with van der Waals surface area (Å²) in [6.45, 7) is 21.5. The lowest BCUT2D eigenvalue weighted by Crippen LogP contribution is -2.41. The third kappa shape index (κ3) is 4.32. The van der Waals surface area contributed by atoms with Gasteiger partial charge in [0.05, 0.1) is 11.2 Å². The predicted molar refractivity (Wildman–Crippen MR) is 125 cm³/mol. The summed E-state index contributed by atoms with van der Waals surface area (Å²) in [6, 6.07) is 6.77. The van der Waals surface area contributed by atoms with Crippen molar-refractivity contribution in [2.45, 2.75) is 79.4 Å². The van der Waals surface area contributed by atoms with Gasteiger partial charge in [-0.2, -0.15) is 0 Å². The SMILES string of the molecule is C=C(C)c1cc(C)ccc1CC1C(CC)=CC(B2OC(C)(C)C(C)(C)O2)=CC1C. The fourth-order valence-corrected chi connectivity index (χ4v) is 4.44. The van der Waals surface area contributed by atoms with Crippen LogP contribution in [-0.2, 0) is 15.7 Å². The van der Waals surface area contributed by atoms with Crippen molar-refractivity contribution in [2.75, 3.05) is 0 Å². The van der Waals surface area contributed by atoms with Gasteiger partial charge in [-0.05, 0) is 82.8 Å². The van der Waals surface area contributed by atoms with Crippen LogP contribution in [0.3, 0.4) is 0 Å². The molecule has 0 spiro atoms. The molecule has 29 heavy (non-hydrogen) atoms. The third-order valence-electron chi connectivity index (χ3n) is 7.02. The monoisotopic (exact) mass is 392 g/mol. The van der Waals surface area contributed by atoms with Crippen molar-refractivity contribution < 1.29 is 9.31 Å². The number of rotatable bonds is 5. The molecule has 1 fully saturated rings. The second-order valence-corrected chi connectivity index (χ2v) is 9.94. The fourth-order valence-electron chi connectivity index (χ4n) is 4.44. The lowest BCUT2D eigenvalue weighted by molar-refractivity contribution is 0.00578. The van der Waals surface area contributed by atoms with E-state index < -0.39 is 0 Å². The molecule has 2 unspecified atom stereocenters. The van der Waals surface area contributed by atoms with Crippen molar-refractivity contribution in [3.63, 3.8) is 0 Å². The average Bonchev–Trinajstić information content (AvgIpc) is 2.85. The largest absolute Gasteiger partial charge is 0.494 e. The zero-order valence-corrected chi connectivity index (χ0v) is 19.6. The van der Waals surface area contributed by atoms with Crippen LogP contribution in [0.2, 0.25) is 0 Å². The number of benzene rings is 1. The Balaban J connectivity index is 1.87. The molecular formula is C26H37BO2. The van der Waals surface area contributed by atoms with Crippen LogP contribution in [0.5, 0.6) is 0 Å². The van der Waals surface area contributed by atoms with Crippen molar-refractivity contribution >= 4 is 12.7 Å². The van der Waals surface area contributed by atoms with Crippen molar-refractivity contribution in [2.24, 2.45) is 11.8 Å². The Morgan fingerprint density at radius 2 is 1.76 bits per heavy atom. The minimum Gasteiger partial charge on any atom is -0.399 e. The van der Waals surface area contributed by atoms with Crippen LogP contribution >= 0.6 is 0 Å². The smallest absolute Gasteiger partial charge is 0.399 e. The van der Waals surface area contributed by atoms with E-state index in [2.05, 4.69) is 92.3 Å². The minimum absolute atomic E-state index is 0.282. The Kier molecular flexibility index (Phi) is 6.04. The van der Waals surface area contributed by atoms with Gasteiger partial charge >= 0.3 is 7.12 Å². The van der Waals surface area contributed by atoms with E-state index in [-0.39, 0.29) is 18.3 Å². The summed E-state index contributed by atoms with van der Waals surface area (Å²) >= 11 is 0. The molecule has 1 aromatic carbocycles. The molecule has 0 aromatic heterocycles. The van der Waals surface area contributed by atoms with Crippen LogP contribution in [0.4, 0.5) is 0 Å². The molecule has 1 aromatic rings. The van der Waals surface area contributed by atoms with Crippen LogP contribution in [0.1, 0.15) is 71.6 Å². The number of hydrogen-bond acceptors (Lipinski definition) is 2. The molecule has 2 nitrogen and oxygen atoms in total. The quantitative estimate of drug-likeness (QED) is 0.517. The van der Waals surface area contributed by atoms with Gasteiger partial charge in [-0.1, -0.05) is 67.5 Å². The molecule has 1 aliphatic heterocycles. The molecule has 3 rings (SSSR count). The van der Waals surface area contributed by atoms with E-state index in [1.807, 2.05) is 0 Å². The number of hydrogen-bond donors (Lipinski definition) is 0. The van der Waals surface area contributed by atoms with Gasteiger partial charge in [-0.25, -0.2) is 0 Å². The Bertz CT molecular complexity index is 843. The third-order valence-corrected chi connectivity index (χ3v) is 7.02. The molecule has 2 aliphatic rings. The van der Waals surface area contributed by atoms with Gasteiger partial charge in [0.25, 0.3) is 0 Å². The second-order valence-electron chi connectivity index (χ2n) is 9.94. The zero-order valence-electron chi connectivity index (χ0n) is 19.6. The second kappa shape index (κ2) is 7.93. The highest BCUT2D eigenvalue weighted by molar-refractivity contribution is 6.55. The molecule has 1 aliphatic carbocycles. The molecular weight excluding hydrogens is 355 g/mol. The molecule has 0 saturated carbocycles. The number of aryl methyl sites for hydroxylation is 1. The van der Waals surface area contributed by atoms with Crippen LogP contribution in [-0.4, -0.2) is 18.3 Å². The van der Waals surface area contributed by atoms with Gasteiger partial charge in [0.1, 0.15) is 0 Å². The minimum atomic E-state index is -0.308. The van der Waals surface area contributed by atoms with Gasteiger partial charge in [-0.3, -0.25) is 0 Å². The van der Waals surface area contributed by atoms with Gasteiger partial charge in [0.2, 0.25) is 0 Å². The molecule has 1 saturated heterocycles. The Morgan fingerprint density at radius 3 is 2.31 bits per heavy atom. The summed E-state index contributed by atoms with van der Waals surface area (Å²) in [6.07, 6.45) is 6.78. The first-order valence-electron chi connectivity index (χ1n) is 11.0. The molecule has 0 N–H and O–H groups in total. The Labute approximate surface area is 178 Å². The van der Waals surface area contributed by atoms with E-state index >= 15 is 0 Å². The van der Waals surface area contributed by atoms with E-state index in [1.54, 1.807) is 0 Å². The van der Waals surface area contributed by atoms with Crippen molar-refractivity contribution in [1.29, 1.82) is 0 Å². The maximum absolute atomic E-state index is 6.32. The van der Waals surface area contributed by atoms with Crippen LogP contribution < -0.4 is 0 Å². The first-order chi connectivity index (χ1) is 13.4. The van der Waals surface area contributed by atoms with Gasteiger partial charge in [-0.15, -0.1) is 0 Å². The maximum Gasteiger partial charge on any atom is 0.494 e. The standard InChI is InChI=1S/C26H37BO2/c1-10-20-15-22(27-28-25(6,7)26(8,9)29-27)14-19(5)24(20)16-21-12-11-18(4)13-23(21)17(2)3/h11-15,19,24H,2,10,16H2,1,3-9H3. The van der Waals surface area contributed by atoms with E-state index in [0.717, 1.165) is 18.4 Å². The van der Waals surface area contributed by atoms with Crippen molar-refractivity contribution in [3.8, 4) is 0 Å². The van der Waals surface area contributed by atoms with Crippen LogP contribution in [0.25, 0.3) is 5.57 Å².